The molecule has 1 nitrogen and oxygen atoms in total. The van der Waals surface area contributed by atoms with Crippen LogP contribution in [0.4, 0.5) is 8.78 Å². The van der Waals surface area contributed by atoms with Gasteiger partial charge in [-0.1, -0.05) is 58.4 Å². The molecular weight excluding hydrogens is 326 g/mol. The number of hydrogen-bond acceptors (Lipinski definition) is 1. The van der Waals surface area contributed by atoms with Gasteiger partial charge in [-0.05, 0) is 17.7 Å². The van der Waals surface area contributed by atoms with Gasteiger partial charge in [-0.3, -0.25) is 4.79 Å². The zero-order chi connectivity index (χ0) is 14.5. The number of rotatable bonds is 4. The third-order valence-corrected chi connectivity index (χ3v) is 3.38. The molecule has 0 unspecified atom stereocenters. The molecule has 0 N–H and O–H groups in total. The van der Waals surface area contributed by atoms with Crippen LogP contribution in [0.15, 0.2) is 65.2 Å². The summed E-state index contributed by atoms with van der Waals surface area (Å²) in [6.45, 7) is 0. The summed E-state index contributed by atoms with van der Waals surface area (Å²) in [5.74, 6) is -0.323. The molecule has 0 bridgehead atoms. The molecule has 0 aliphatic heterocycles. The third kappa shape index (κ3) is 3.61. The maximum Gasteiger partial charge on any atom is 0.274 e. The van der Waals surface area contributed by atoms with Crippen LogP contribution in [0, 0.1) is 0 Å². The number of ketones is 1. The van der Waals surface area contributed by atoms with Gasteiger partial charge >= 0.3 is 0 Å². The van der Waals surface area contributed by atoms with Crippen LogP contribution in [-0.2, 0) is 0 Å². The van der Waals surface area contributed by atoms with E-state index in [0.29, 0.717) is 11.1 Å². The summed E-state index contributed by atoms with van der Waals surface area (Å²) in [5, 5.41) is 0. The molecule has 0 heterocycles. The Hall–Kier alpha value is -1.81. The van der Waals surface area contributed by atoms with Gasteiger partial charge in [0, 0.05) is 22.0 Å². The van der Waals surface area contributed by atoms with Gasteiger partial charge in [0.05, 0.1) is 0 Å². The molecule has 0 saturated carbocycles. The molecule has 0 amide bonds. The lowest BCUT2D eigenvalue weighted by Crippen LogP contribution is -2.01. The first-order valence-electron chi connectivity index (χ1n) is 5.96. The van der Waals surface area contributed by atoms with Gasteiger partial charge in [-0.25, -0.2) is 0 Å². The van der Waals surface area contributed by atoms with Gasteiger partial charge in [-0.15, -0.1) is 0 Å². The molecule has 0 spiro atoms. The molecule has 2 rings (SSSR count). The highest BCUT2D eigenvalue weighted by Crippen LogP contribution is 2.27. The summed E-state index contributed by atoms with van der Waals surface area (Å²) >= 11 is 3.25. The second-order valence-electron chi connectivity index (χ2n) is 4.21. The van der Waals surface area contributed by atoms with Crippen LogP contribution < -0.4 is 0 Å². The van der Waals surface area contributed by atoms with Crippen LogP contribution >= 0.6 is 15.9 Å². The van der Waals surface area contributed by atoms with E-state index in [9.17, 15) is 13.6 Å². The minimum absolute atomic E-state index is 0.230. The zero-order valence-corrected chi connectivity index (χ0v) is 12.0. The van der Waals surface area contributed by atoms with Crippen molar-refractivity contribution >= 4 is 27.3 Å². The molecule has 0 aliphatic carbocycles. The van der Waals surface area contributed by atoms with Crippen molar-refractivity contribution in [1.82, 2.24) is 0 Å². The van der Waals surface area contributed by atoms with Crippen LogP contribution in [0.1, 0.15) is 22.3 Å². The fourth-order valence-corrected chi connectivity index (χ4v) is 2.08. The Morgan fingerprint density at radius 3 is 2.05 bits per heavy atom. The number of allylic oxidation sites excluding steroid dienone is 1. The molecule has 0 saturated heterocycles. The van der Waals surface area contributed by atoms with Crippen LogP contribution in [0.25, 0.3) is 5.57 Å². The van der Waals surface area contributed by atoms with Crippen molar-refractivity contribution in [2.24, 2.45) is 0 Å². The molecule has 0 aliphatic rings. The Balaban J connectivity index is 2.26. The van der Waals surface area contributed by atoms with E-state index in [1.807, 2.05) is 0 Å². The number of hydrogen-bond donors (Lipinski definition) is 0. The molecule has 0 radical (unpaired) electrons. The zero-order valence-electron chi connectivity index (χ0n) is 10.4. The average molecular weight is 337 g/mol. The molecule has 2 aromatic carbocycles. The van der Waals surface area contributed by atoms with E-state index >= 15 is 0 Å². The van der Waals surface area contributed by atoms with E-state index in [1.54, 1.807) is 54.6 Å². The van der Waals surface area contributed by atoms with Crippen LogP contribution in [-0.4, -0.2) is 5.78 Å². The predicted octanol–water partition coefficient (Wildman–Crippen LogP) is 5.33. The Morgan fingerprint density at radius 2 is 1.50 bits per heavy atom. The first kappa shape index (κ1) is 14.6. The summed E-state index contributed by atoms with van der Waals surface area (Å²) in [7, 11) is 0. The second-order valence-corrected chi connectivity index (χ2v) is 5.13. The van der Waals surface area contributed by atoms with Crippen molar-refractivity contribution in [3.05, 3.63) is 76.3 Å². The highest BCUT2D eigenvalue weighted by molar-refractivity contribution is 9.10. The van der Waals surface area contributed by atoms with Crippen LogP contribution in [0.3, 0.4) is 0 Å². The summed E-state index contributed by atoms with van der Waals surface area (Å²) in [5.41, 5.74) is 0.562. The number of benzene rings is 2. The SMILES string of the molecule is O=C(CC(=C(F)F)c1ccc(Br)cc1)c1ccccc1. The van der Waals surface area contributed by atoms with Crippen molar-refractivity contribution in [3.8, 4) is 0 Å². The first-order chi connectivity index (χ1) is 9.58. The summed E-state index contributed by atoms with van der Waals surface area (Å²) in [6, 6.07) is 14.9. The number of halogens is 3. The van der Waals surface area contributed by atoms with Gasteiger partial charge in [-0.2, -0.15) is 8.78 Å². The minimum Gasteiger partial charge on any atom is -0.294 e. The van der Waals surface area contributed by atoms with E-state index in [1.165, 1.54) is 0 Å². The number of carbonyl (C=O) groups excluding carboxylic acids is 1. The lowest BCUT2D eigenvalue weighted by Gasteiger charge is -2.06. The second kappa shape index (κ2) is 6.57. The van der Waals surface area contributed by atoms with Gasteiger partial charge in [0.15, 0.2) is 5.78 Å². The lowest BCUT2D eigenvalue weighted by molar-refractivity contribution is 0.0997. The quantitative estimate of drug-likeness (QED) is 0.689. The van der Waals surface area contributed by atoms with Gasteiger partial charge in [0.1, 0.15) is 0 Å². The van der Waals surface area contributed by atoms with Crippen molar-refractivity contribution in [2.45, 2.75) is 6.42 Å². The van der Waals surface area contributed by atoms with Gasteiger partial charge < -0.3 is 0 Å². The fraction of sp³-hybridized carbons (Fsp3) is 0.0625. The maximum atomic E-state index is 13.1. The monoisotopic (exact) mass is 336 g/mol. The van der Waals surface area contributed by atoms with E-state index in [-0.39, 0.29) is 17.8 Å². The first-order valence-corrected chi connectivity index (χ1v) is 6.75. The molecule has 102 valence electrons. The van der Waals surface area contributed by atoms with E-state index < -0.39 is 6.08 Å². The minimum atomic E-state index is -1.82. The lowest BCUT2D eigenvalue weighted by atomic mass is 9.98. The Kier molecular flexibility index (Phi) is 4.79. The Bertz CT molecular complexity index is 629. The molecule has 2 aromatic rings. The fourth-order valence-electron chi connectivity index (χ4n) is 1.82. The Labute approximate surface area is 124 Å². The largest absolute Gasteiger partial charge is 0.294 e. The van der Waals surface area contributed by atoms with Crippen molar-refractivity contribution < 1.29 is 13.6 Å². The molecule has 4 heteroatoms. The summed E-state index contributed by atoms with van der Waals surface area (Å²) in [4.78, 5) is 12.0. The van der Waals surface area contributed by atoms with Crippen molar-refractivity contribution in [3.63, 3.8) is 0 Å². The van der Waals surface area contributed by atoms with Gasteiger partial charge in [0.2, 0.25) is 0 Å². The summed E-state index contributed by atoms with van der Waals surface area (Å²) < 4.78 is 27.0. The average Bonchev–Trinajstić information content (AvgIpc) is 2.46. The van der Waals surface area contributed by atoms with Gasteiger partial charge in [0.25, 0.3) is 6.08 Å². The Morgan fingerprint density at radius 1 is 0.900 bits per heavy atom. The number of Topliss-reactive ketones (excluding diaryl/α,β-unsaturated/α-hetero) is 1. The number of carbonyl (C=O) groups is 1. The smallest absolute Gasteiger partial charge is 0.274 e. The molecule has 0 aromatic heterocycles. The van der Waals surface area contributed by atoms with E-state index in [4.69, 9.17) is 0 Å². The van der Waals surface area contributed by atoms with Crippen molar-refractivity contribution in [2.75, 3.05) is 0 Å². The van der Waals surface area contributed by atoms with E-state index in [2.05, 4.69) is 15.9 Å². The summed E-state index contributed by atoms with van der Waals surface area (Å²) in [6.07, 6.45) is -2.13. The highest BCUT2D eigenvalue weighted by Gasteiger charge is 2.15. The van der Waals surface area contributed by atoms with Crippen LogP contribution in [0.5, 0.6) is 0 Å². The highest BCUT2D eigenvalue weighted by atomic mass is 79.9. The maximum absolute atomic E-state index is 13.1. The molecular formula is C16H11BrF2O. The van der Waals surface area contributed by atoms with Crippen LogP contribution in [0.2, 0.25) is 0 Å². The van der Waals surface area contributed by atoms with E-state index in [0.717, 1.165) is 4.47 Å². The predicted molar refractivity (Wildman–Crippen MR) is 78.7 cm³/mol. The standard InChI is InChI=1S/C16H11BrF2O/c17-13-8-6-11(7-9-13)14(16(18)19)10-15(20)12-4-2-1-3-5-12/h1-9H,10H2. The molecule has 0 fully saturated rings. The van der Waals surface area contributed by atoms with Crippen molar-refractivity contribution in [1.29, 1.82) is 0 Å². The molecule has 0 atom stereocenters. The topological polar surface area (TPSA) is 17.1 Å². The normalized spacial score (nSPS) is 10.2. The molecule has 20 heavy (non-hydrogen) atoms. The third-order valence-electron chi connectivity index (χ3n) is 2.85.